The van der Waals surface area contributed by atoms with E-state index in [-0.39, 0.29) is 11.5 Å². The number of amides is 1. The van der Waals surface area contributed by atoms with E-state index in [1.807, 2.05) is 6.07 Å². The number of nitrogens with zero attached hydrogens (tertiary/aromatic N) is 1. The van der Waals surface area contributed by atoms with Gasteiger partial charge in [0.1, 0.15) is 11.5 Å². The van der Waals surface area contributed by atoms with Crippen LogP contribution in [0.1, 0.15) is 26.5 Å². The monoisotopic (exact) mass is 460 g/mol. The number of carbonyl (C=O) groups is 2. The third-order valence-corrected chi connectivity index (χ3v) is 4.16. The topological polar surface area (TPSA) is 91.9 Å². The molecule has 26 heavy (non-hydrogen) atoms. The molecule has 0 atom stereocenters. The molecule has 0 unspecified atom stereocenters. The predicted molar refractivity (Wildman–Crippen MR) is 105 cm³/mol. The lowest BCUT2D eigenvalue weighted by molar-refractivity contribution is 0.0696. The van der Waals surface area contributed by atoms with Gasteiger partial charge in [-0.25, -0.2) is 10.2 Å². The van der Waals surface area contributed by atoms with Crippen molar-refractivity contribution in [3.8, 4) is 11.3 Å². The summed E-state index contributed by atoms with van der Waals surface area (Å²) in [7, 11) is 0. The fraction of sp³-hybridized carbons (Fsp3) is 0. The third-order valence-electron chi connectivity index (χ3n) is 3.49. The van der Waals surface area contributed by atoms with Gasteiger partial charge in [0.25, 0.3) is 5.91 Å². The average Bonchev–Trinajstić information content (AvgIpc) is 3.10. The van der Waals surface area contributed by atoms with E-state index >= 15 is 0 Å². The summed E-state index contributed by atoms with van der Waals surface area (Å²) < 4.78 is 6.59. The number of hydrogen-bond acceptors (Lipinski definition) is 4. The average molecular weight is 460 g/mol. The molecule has 6 nitrogen and oxygen atoms in total. The number of halogens is 1. The van der Waals surface area contributed by atoms with Crippen LogP contribution in [0.15, 0.2) is 70.2 Å². The van der Waals surface area contributed by atoms with Crippen LogP contribution < -0.4 is 5.43 Å². The zero-order chi connectivity index (χ0) is 18.5. The number of benzene rings is 2. The van der Waals surface area contributed by atoms with Crippen LogP contribution in [0.3, 0.4) is 0 Å². The minimum absolute atomic E-state index is 0.209. The smallest absolute Gasteiger partial charge is 0.335 e. The number of hydrazone groups is 1. The molecule has 0 bridgehead atoms. The Morgan fingerprint density at radius 3 is 2.50 bits per heavy atom. The SMILES string of the molecule is O=C(O)c1ccc(-c2ccc(/C=N/NC(=O)c3cccc(I)c3)o2)cc1. The first-order chi connectivity index (χ1) is 12.5. The molecule has 0 aliphatic heterocycles. The summed E-state index contributed by atoms with van der Waals surface area (Å²) in [4.78, 5) is 22.9. The van der Waals surface area contributed by atoms with Gasteiger partial charge in [-0.3, -0.25) is 4.79 Å². The molecule has 0 aliphatic carbocycles. The Morgan fingerprint density at radius 2 is 1.81 bits per heavy atom. The first-order valence-electron chi connectivity index (χ1n) is 7.55. The van der Waals surface area contributed by atoms with Crippen molar-refractivity contribution in [1.29, 1.82) is 0 Å². The second-order valence-corrected chi connectivity index (χ2v) is 6.54. The number of nitrogens with one attached hydrogen (secondary N) is 1. The molecule has 2 N–H and O–H groups in total. The molecular formula is C19H13IN2O4. The van der Waals surface area contributed by atoms with E-state index < -0.39 is 5.97 Å². The van der Waals surface area contributed by atoms with Gasteiger partial charge in [-0.2, -0.15) is 5.10 Å². The van der Waals surface area contributed by atoms with Gasteiger partial charge < -0.3 is 9.52 Å². The van der Waals surface area contributed by atoms with E-state index in [1.165, 1.54) is 18.3 Å². The summed E-state index contributed by atoms with van der Waals surface area (Å²) in [6.07, 6.45) is 1.40. The van der Waals surface area contributed by atoms with E-state index in [0.29, 0.717) is 17.1 Å². The van der Waals surface area contributed by atoms with Gasteiger partial charge in [0.2, 0.25) is 0 Å². The Hall–Kier alpha value is -2.94. The van der Waals surface area contributed by atoms with Crippen molar-refractivity contribution in [2.75, 3.05) is 0 Å². The Balaban J connectivity index is 1.65. The van der Waals surface area contributed by atoms with Gasteiger partial charge in [0.15, 0.2) is 0 Å². The first kappa shape index (κ1) is 17.9. The molecule has 3 rings (SSSR count). The Bertz CT molecular complexity index is 977. The minimum atomic E-state index is -0.979. The van der Waals surface area contributed by atoms with Gasteiger partial charge >= 0.3 is 5.97 Å². The molecule has 0 saturated carbocycles. The first-order valence-corrected chi connectivity index (χ1v) is 8.63. The molecule has 7 heteroatoms. The maximum Gasteiger partial charge on any atom is 0.335 e. The maximum absolute atomic E-state index is 12.0. The van der Waals surface area contributed by atoms with E-state index in [4.69, 9.17) is 9.52 Å². The van der Waals surface area contributed by atoms with Crippen molar-refractivity contribution in [2.45, 2.75) is 0 Å². The second-order valence-electron chi connectivity index (χ2n) is 5.29. The van der Waals surface area contributed by atoms with Crippen LogP contribution in [0.2, 0.25) is 0 Å². The molecule has 1 aromatic heterocycles. The van der Waals surface area contributed by atoms with Gasteiger partial charge in [-0.1, -0.05) is 18.2 Å². The number of furan rings is 1. The van der Waals surface area contributed by atoms with E-state index in [2.05, 4.69) is 33.1 Å². The largest absolute Gasteiger partial charge is 0.478 e. The Labute approximate surface area is 162 Å². The van der Waals surface area contributed by atoms with Crippen molar-refractivity contribution in [1.82, 2.24) is 5.43 Å². The number of carboxylic acids is 1. The summed E-state index contributed by atoms with van der Waals surface area (Å²) in [6, 6.07) is 17.0. The minimum Gasteiger partial charge on any atom is -0.478 e. The highest BCUT2D eigenvalue weighted by atomic mass is 127. The molecular weight excluding hydrogens is 447 g/mol. The molecule has 0 saturated heterocycles. The normalized spacial score (nSPS) is 10.8. The lowest BCUT2D eigenvalue weighted by Crippen LogP contribution is -2.17. The highest BCUT2D eigenvalue weighted by Crippen LogP contribution is 2.22. The molecule has 1 amide bonds. The summed E-state index contributed by atoms with van der Waals surface area (Å²) in [5, 5.41) is 12.8. The standard InChI is InChI=1S/C19H13IN2O4/c20-15-3-1-2-14(10-15)18(23)22-21-11-16-8-9-17(26-16)12-4-6-13(7-5-12)19(24)25/h1-11H,(H,22,23)(H,24,25)/b21-11+. The Kier molecular flexibility index (Phi) is 5.47. The molecule has 3 aromatic rings. The lowest BCUT2D eigenvalue weighted by Gasteiger charge is -2.00. The van der Waals surface area contributed by atoms with Crippen LogP contribution in [0.25, 0.3) is 11.3 Å². The quantitative estimate of drug-likeness (QED) is 0.342. The van der Waals surface area contributed by atoms with Gasteiger partial charge in [-0.15, -0.1) is 0 Å². The van der Waals surface area contributed by atoms with E-state index in [0.717, 1.165) is 9.13 Å². The third kappa shape index (κ3) is 4.37. The van der Waals surface area contributed by atoms with Crippen molar-refractivity contribution in [3.05, 3.63) is 81.1 Å². The highest BCUT2D eigenvalue weighted by Gasteiger charge is 2.07. The molecule has 0 fully saturated rings. The number of hydrogen-bond donors (Lipinski definition) is 2. The van der Waals surface area contributed by atoms with Crippen LogP contribution in [0, 0.1) is 3.57 Å². The van der Waals surface area contributed by atoms with Crippen LogP contribution in [0.4, 0.5) is 0 Å². The summed E-state index contributed by atoms with van der Waals surface area (Å²) in [6.45, 7) is 0. The van der Waals surface area contributed by atoms with Gasteiger partial charge in [0, 0.05) is 14.7 Å². The zero-order valence-corrected chi connectivity index (χ0v) is 15.5. The highest BCUT2D eigenvalue weighted by molar-refractivity contribution is 14.1. The predicted octanol–water partition coefficient (Wildman–Crippen LogP) is 4.01. The number of rotatable bonds is 5. The summed E-state index contributed by atoms with van der Waals surface area (Å²) >= 11 is 2.13. The fourth-order valence-corrected chi connectivity index (χ4v) is 2.75. The lowest BCUT2D eigenvalue weighted by atomic mass is 10.1. The second kappa shape index (κ2) is 7.96. The zero-order valence-electron chi connectivity index (χ0n) is 13.3. The summed E-state index contributed by atoms with van der Waals surface area (Å²) in [5.74, 6) is -0.249. The maximum atomic E-state index is 12.0. The van der Waals surface area contributed by atoms with Crippen LogP contribution in [-0.2, 0) is 0 Å². The Morgan fingerprint density at radius 1 is 1.04 bits per heavy atom. The molecule has 2 aromatic carbocycles. The van der Waals surface area contributed by atoms with Gasteiger partial charge in [-0.05, 0) is 65.1 Å². The molecule has 0 aliphatic rings. The van der Waals surface area contributed by atoms with Crippen molar-refractivity contribution >= 4 is 40.7 Å². The number of carboxylic acid groups (broad SMARTS) is 1. The molecule has 130 valence electrons. The van der Waals surface area contributed by atoms with Crippen molar-refractivity contribution in [3.63, 3.8) is 0 Å². The fourth-order valence-electron chi connectivity index (χ4n) is 2.20. The van der Waals surface area contributed by atoms with Crippen molar-refractivity contribution < 1.29 is 19.1 Å². The van der Waals surface area contributed by atoms with E-state index in [1.54, 1.807) is 42.5 Å². The molecule has 0 spiro atoms. The van der Waals surface area contributed by atoms with Crippen LogP contribution in [0.5, 0.6) is 0 Å². The number of carbonyl (C=O) groups excluding carboxylic acids is 1. The summed E-state index contributed by atoms with van der Waals surface area (Å²) in [5.41, 5.74) is 3.92. The van der Waals surface area contributed by atoms with Gasteiger partial charge in [0.05, 0.1) is 11.8 Å². The van der Waals surface area contributed by atoms with Crippen LogP contribution in [-0.4, -0.2) is 23.2 Å². The van der Waals surface area contributed by atoms with E-state index in [9.17, 15) is 9.59 Å². The number of aromatic carboxylic acids is 1. The molecule has 1 heterocycles. The van der Waals surface area contributed by atoms with Crippen LogP contribution >= 0.6 is 22.6 Å². The molecule has 0 radical (unpaired) electrons. The van der Waals surface area contributed by atoms with Crippen molar-refractivity contribution in [2.24, 2.45) is 5.10 Å².